The highest BCUT2D eigenvalue weighted by molar-refractivity contribution is 7.15. The van der Waals surface area contributed by atoms with Gasteiger partial charge >= 0.3 is 0 Å². The van der Waals surface area contributed by atoms with E-state index in [9.17, 15) is 0 Å². The molecule has 118 valence electrons. The zero-order chi connectivity index (χ0) is 15.5. The summed E-state index contributed by atoms with van der Waals surface area (Å²) in [5.41, 5.74) is 1.22. The summed E-state index contributed by atoms with van der Waals surface area (Å²) >= 11 is 1.67. The maximum atomic E-state index is 5.81. The number of ether oxygens (including phenoxy) is 1. The van der Waals surface area contributed by atoms with Gasteiger partial charge in [-0.3, -0.25) is 4.40 Å². The Kier molecular flexibility index (Phi) is 5.41. The van der Waals surface area contributed by atoms with Crippen LogP contribution in [0.1, 0.15) is 39.8 Å². The quantitative estimate of drug-likeness (QED) is 0.852. The fraction of sp³-hybridized carbons (Fsp3) is 0.688. The molecule has 0 fully saturated rings. The maximum Gasteiger partial charge on any atom is 0.193 e. The standard InChI is InChI=1S/C16H27N3OS/c1-6-7-17-13(14(20-5)16(2,3)4)10-12-11-19-8-9-21-15(19)18-12/h8-9,11,13-14,17H,6-7,10H2,1-5H3. The lowest BCUT2D eigenvalue weighted by Gasteiger charge is -2.36. The van der Waals surface area contributed by atoms with Gasteiger partial charge in [-0.05, 0) is 18.4 Å². The lowest BCUT2D eigenvalue weighted by atomic mass is 9.83. The molecular weight excluding hydrogens is 282 g/mol. The molecule has 0 saturated carbocycles. The summed E-state index contributed by atoms with van der Waals surface area (Å²) in [6, 6.07) is 0.277. The van der Waals surface area contributed by atoms with Gasteiger partial charge in [0.25, 0.3) is 0 Å². The van der Waals surface area contributed by atoms with Crippen LogP contribution < -0.4 is 5.32 Å². The second kappa shape index (κ2) is 6.90. The van der Waals surface area contributed by atoms with Crippen LogP contribution in [0.15, 0.2) is 17.8 Å². The minimum Gasteiger partial charge on any atom is -0.379 e. The van der Waals surface area contributed by atoms with E-state index in [1.807, 2.05) is 7.11 Å². The highest BCUT2D eigenvalue weighted by atomic mass is 32.1. The van der Waals surface area contributed by atoms with Gasteiger partial charge in [-0.25, -0.2) is 4.98 Å². The van der Waals surface area contributed by atoms with Gasteiger partial charge in [0.2, 0.25) is 0 Å². The van der Waals surface area contributed by atoms with Gasteiger partial charge in [0.15, 0.2) is 4.96 Å². The molecule has 0 bridgehead atoms. The average molecular weight is 309 g/mol. The molecule has 4 nitrogen and oxygen atoms in total. The van der Waals surface area contributed by atoms with Crippen molar-refractivity contribution < 1.29 is 4.74 Å². The highest BCUT2D eigenvalue weighted by Crippen LogP contribution is 2.26. The number of imidazole rings is 1. The normalized spacial score (nSPS) is 15.5. The van der Waals surface area contributed by atoms with Gasteiger partial charge in [-0.2, -0.15) is 0 Å². The van der Waals surface area contributed by atoms with Crippen molar-refractivity contribution in [1.82, 2.24) is 14.7 Å². The number of hydrogen-bond donors (Lipinski definition) is 1. The molecule has 2 aromatic rings. The van der Waals surface area contributed by atoms with E-state index in [2.05, 4.69) is 55.2 Å². The summed E-state index contributed by atoms with van der Waals surface area (Å²) in [5, 5.41) is 5.70. The van der Waals surface area contributed by atoms with Gasteiger partial charge in [0.05, 0.1) is 11.8 Å². The number of aromatic nitrogens is 2. The first-order chi connectivity index (χ1) is 9.95. The van der Waals surface area contributed by atoms with Crippen LogP contribution in [-0.2, 0) is 11.2 Å². The van der Waals surface area contributed by atoms with Gasteiger partial charge in [-0.15, -0.1) is 11.3 Å². The topological polar surface area (TPSA) is 38.6 Å². The molecule has 0 saturated heterocycles. The monoisotopic (exact) mass is 309 g/mol. The zero-order valence-corrected chi connectivity index (χ0v) is 14.5. The van der Waals surface area contributed by atoms with Crippen LogP contribution in [0, 0.1) is 5.41 Å². The molecule has 21 heavy (non-hydrogen) atoms. The molecule has 0 spiro atoms. The molecule has 0 aliphatic heterocycles. The van der Waals surface area contributed by atoms with E-state index in [4.69, 9.17) is 9.72 Å². The molecule has 2 atom stereocenters. The molecular formula is C16H27N3OS. The molecule has 1 N–H and O–H groups in total. The lowest BCUT2D eigenvalue weighted by Crippen LogP contribution is -2.49. The SMILES string of the molecule is CCCNC(Cc1cn2ccsc2n1)C(OC)C(C)(C)C. The van der Waals surface area contributed by atoms with Crippen molar-refractivity contribution in [3.05, 3.63) is 23.5 Å². The van der Waals surface area contributed by atoms with Gasteiger partial charge < -0.3 is 10.1 Å². The Hall–Kier alpha value is -0.910. The minimum atomic E-state index is 0.0945. The van der Waals surface area contributed by atoms with E-state index in [0.29, 0.717) is 0 Å². The fourth-order valence-electron chi connectivity index (χ4n) is 2.84. The number of nitrogens with one attached hydrogen (secondary N) is 1. The molecule has 0 aromatic carbocycles. The Morgan fingerprint density at radius 2 is 2.19 bits per heavy atom. The number of methoxy groups -OCH3 is 1. The van der Waals surface area contributed by atoms with Crippen molar-refractivity contribution in [3.8, 4) is 0 Å². The van der Waals surface area contributed by atoms with Crippen molar-refractivity contribution in [2.75, 3.05) is 13.7 Å². The van der Waals surface area contributed by atoms with Gasteiger partial charge in [-0.1, -0.05) is 27.7 Å². The van der Waals surface area contributed by atoms with Crippen LogP contribution in [0.25, 0.3) is 4.96 Å². The molecule has 2 rings (SSSR count). The first-order valence-electron chi connectivity index (χ1n) is 7.63. The molecule has 2 aromatic heterocycles. The van der Waals surface area contributed by atoms with Crippen LogP contribution in [0.2, 0.25) is 0 Å². The first kappa shape index (κ1) is 16.5. The second-order valence-electron chi connectivity index (χ2n) is 6.61. The highest BCUT2D eigenvalue weighted by Gasteiger charge is 2.32. The van der Waals surface area contributed by atoms with E-state index in [-0.39, 0.29) is 17.6 Å². The Morgan fingerprint density at radius 3 is 2.76 bits per heavy atom. The summed E-state index contributed by atoms with van der Waals surface area (Å²) in [6.07, 6.45) is 6.35. The van der Waals surface area contributed by atoms with Crippen molar-refractivity contribution in [3.63, 3.8) is 0 Å². The molecule has 0 radical (unpaired) electrons. The summed E-state index contributed by atoms with van der Waals surface area (Å²) in [6.45, 7) is 9.88. The number of rotatable bonds is 7. The molecule has 0 aliphatic rings. The van der Waals surface area contributed by atoms with Crippen LogP contribution >= 0.6 is 11.3 Å². The van der Waals surface area contributed by atoms with Crippen LogP contribution in [0.4, 0.5) is 0 Å². The Labute approximate surface area is 131 Å². The van der Waals surface area contributed by atoms with Crippen molar-refractivity contribution in [2.45, 2.75) is 52.7 Å². The first-order valence-corrected chi connectivity index (χ1v) is 8.51. The number of hydrogen-bond acceptors (Lipinski definition) is 4. The van der Waals surface area contributed by atoms with Gasteiger partial charge in [0.1, 0.15) is 0 Å². The largest absolute Gasteiger partial charge is 0.379 e. The third-order valence-corrected chi connectivity index (χ3v) is 4.47. The predicted molar refractivity (Wildman–Crippen MR) is 89.1 cm³/mol. The number of nitrogens with zero attached hydrogens (tertiary/aromatic N) is 2. The van der Waals surface area contributed by atoms with Crippen LogP contribution in [-0.4, -0.2) is 35.2 Å². The van der Waals surface area contributed by atoms with E-state index in [0.717, 1.165) is 30.0 Å². The lowest BCUT2D eigenvalue weighted by molar-refractivity contribution is -0.0111. The fourth-order valence-corrected chi connectivity index (χ4v) is 3.56. The predicted octanol–water partition coefficient (Wildman–Crippen LogP) is 3.37. The molecule has 2 heterocycles. The van der Waals surface area contributed by atoms with Gasteiger partial charge in [0, 0.05) is 37.3 Å². The molecule has 0 aliphatic carbocycles. The summed E-state index contributed by atoms with van der Waals surface area (Å²) in [4.78, 5) is 5.76. The smallest absolute Gasteiger partial charge is 0.193 e. The Bertz CT molecular complexity index is 527. The molecule has 2 unspecified atom stereocenters. The Morgan fingerprint density at radius 1 is 1.43 bits per heavy atom. The third-order valence-electron chi connectivity index (χ3n) is 3.70. The third kappa shape index (κ3) is 4.05. The van der Waals surface area contributed by atoms with E-state index < -0.39 is 0 Å². The zero-order valence-electron chi connectivity index (χ0n) is 13.7. The van der Waals surface area contributed by atoms with E-state index in [1.165, 1.54) is 0 Å². The van der Waals surface area contributed by atoms with Crippen molar-refractivity contribution >= 4 is 16.3 Å². The van der Waals surface area contributed by atoms with E-state index in [1.54, 1.807) is 11.3 Å². The summed E-state index contributed by atoms with van der Waals surface area (Å²) in [5.74, 6) is 0. The second-order valence-corrected chi connectivity index (χ2v) is 7.49. The summed E-state index contributed by atoms with van der Waals surface area (Å²) in [7, 11) is 1.81. The van der Waals surface area contributed by atoms with E-state index >= 15 is 0 Å². The average Bonchev–Trinajstić information content (AvgIpc) is 2.95. The molecule has 5 heteroatoms. The number of fused-ring (bicyclic) bond motifs is 1. The number of thiazole rings is 1. The molecule has 0 amide bonds. The van der Waals surface area contributed by atoms with Crippen LogP contribution in [0.3, 0.4) is 0 Å². The van der Waals surface area contributed by atoms with Crippen molar-refractivity contribution in [2.24, 2.45) is 5.41 Å². The Balaban J connectivity index is 2.16. The van der Waals surface area contributed by atoms with Crippen molar-refractivity contribution in [1.29, 1.82) is 0 Å². The maximum absolute atomic E-state index is 5.81. The summed E-state index contributed by atoms with van der Waals surface area (Å²) < 4.78 is 7.90. The minimum absolute atomic E-state index is 0.0945. The van der Waals surface area contributed by atoms with Crippen LogP contribution in [0.5, 0.6) is 0 Å².